The largest absolute Gasteiger partial charge is 0.381 e. The highest BCUT2D eigenvalue weighted by Crippen LogP contribution is 2.29. The van der Waals surface area contributed by atoms with Crippen LogP contribution in [0.3, 0.4) is 0 Å². The van der Waals surface area contributed by atoms with E-state index in [4.69, 9.17) is 10.5 Å². The summed E-state index contributed by atoms with van der Waals surface area (Å²) < 4.78 is 5.29. The molecular weight excluding hydrogens is 242 g/mol. The second-order valence-electron chi connectivity index (χ2n) is 6.25. The van der Waals surface area contributed by atoms with Gasteiger partial charge in [-0.15, -0.1) is 0 Å². The molecular formula is C14H27N3O2. The Morgan fingerprint density at radius 1 is 1.37 bits per heavy atom. The first-order valence-corrected chi connectivity index (χ1v) is 7.41. The average molecular weight is 269 g/mol. The fourth-order valence-corrected chi connectivity index (χ4v) is 2.77. The van der Waals surface area contributed by atoms with Gasteiger partial charge in [-0.25, -0.2) is 0 Å². The summed E-state index contributed by atoms with van der Waals surface area (Å²) in [6, 6.07) is 0.306. The number of carbonyl (C=O) groups is 1. The van der Waals surface area contributed by atoms with Crippen molar-refractivity contribution in [1.29, 1.82) is 0 Å². The van der Waals surface area contributed by atoms with Crippen LogP contribution < -0.4 is 11.1 Å². The molecule has 0 aromatic heterocycles. The predicted molar refractivity (Wildman–Crippen MR) is 74.8 cm³/mol. The van der Waals surface area contributed by atoms with Crippen LogP contribution in [0.15, 0.2) is 0 Å². The van der Waals surface area contributed by atoms with E-state index in [0.29, 0.717) is 12.6 Å². The highest BCUT2D eigenvalue weighted by Gasteiger charge is 2.29. The Morgan fingerprint density at radius 2 is 2.00 bits per heavy atom. The van der Waals surface area contributed by atoms with Gasteiger partial charge in [0.2, 0.25) is 5.91 Å². The third kappa shape index (κ3) is 4.44. The molecule has 0 radical (unpaired) electrons. The van der Waals surface area contributed by atoms with Crippen LogP contribution in [0.25, 0.3) is 0 Å². The molecule has 5 nitrogen and oxygen atoms in total. The van der Waals surface area contributed by atoms with E-state index in [1.54, 1.807) is 0 Å². The zero-order valence-corrected chi connectivity index (χ0v) is 12.0. The third-order valence-corrected chi connectivity index (χ3v) is 4.51. The lowest BCUT2D eigenvalue weighted by atomic mass is 9.80. The van der Waals surface area contributed by atoms with Crippen molar-refractivity contribution in [3.63, 3.8) is 0 Å². The number of piperidine rings is 1. The number of amides is 1. The van der Waals surface area contributed by atoms with Crippen LogP contribution >= 0.6 is 0 Å². The lowest BCUT2D eigenvalue weighted by Crippen LogP contribution is -2.48. The Kier molecular flexibility index (Phi) is 5.19. The zero-order chi connectivity index (χ0) is 13.7. The molecule has 2 fully saturated rings. The van der Waals surface area contributed by atoms with Crippen LogP contribution in [0.4, 0.5) is 0 Å². The summed E-state index contributed by atoms with van der Waals surface area (Å²) >= 11 is 0. The standard InChI is InChI=1S/C14H27N3O2/c1-14(11-15)4-6-17(7-5-14)10-13(18)16-12-2-8-19-9-3-12/h12H,2-11,15H2,1H3,(H,16,18). The molecule has 3 N–H and O–H groups in total. The summed E-state index contributed by atoms with van der Waals surface area (Å²) in [7, 11) is 0. The zero-order valence-electron chi connectivity index (χ0n) is 12.0. The van der Waals surface area contributed by atoms with Crippen molar-refractivity contribution in [3.8, 4) is 0 Å². The van der Waals surface area contributed by atoms with E-state index in [-0.39, 0.29) is 11.3 Å². The first-order chi connectivity index (χ1) is 9.11. The molecule has 1 amide bonds. The molecule has 0 unspecified atom stereocenters. The van der Waals surface area contributed by atoms with Gasteiger partial charge in [-0.05, 0) is 50.7 Å². The Balaban J connectivity index is 1.68. The van der Waals surface area contributed by atoms with E-state index in [0.717, 1.165) is 58.5 Å². The van der Waals surface area contributed by atoms with Crippen molar-refractivity contribution in [2.45, 2.75) is 38.6 Å². The summed E-state index contributed by atoms with van der Waals surface area (Å²) in [5.74, 6) is 0.156. The molecule has 0 bridgehead atoms. The number of hydrogen-bond donors (Lipinski definition) is 2. The van der Waals surface area contributed by atoms with E-state index < -0.39 is 0 Å². The fraction of sp³-hybridized carbons (Fsp3) is 0.929. The summed E-state index contributed by atoms with van der Waals surface area (Å²) in [6.45, 7) is 7.01. The quantitative estimate of drug-likeness (QED) is 0.772. The molecule has 2 saturated heterocycles. The maximum atomic E-state index is 12.0. The first-order valence-electron chi connectivity index (χ1n) is 7.41. The van der Waals surface area contributed by atoms with Crippen LogP contribution in [-0.4, -0.2) is 56.2 Å². The minimum absolute atomic E-state index is 0.156. The van der Waals surface area contributed by atoms with Gasteiger partial charge < -0.3 is 15.8 Å². The Bertz CT molecular complexity index is 295. The highest BCUT2D eigenvalue weighted by molar-refractivity contribution is 5.78. The van der Waals surface area contributed by atoms with Gasteiger partial charge >= 0.3 is 0 Å². The predicted octanol–water partition coefficient (Wildman–Crippen LogP) is 0.342. The minimum Gasteiger partial charge on any atom is -0.381 e. The summed E-state index contributed by atoms with van der Waals surface area (Å²) in [5.41, 5.74) is 6.07. The molecule has 0 saturated carbocycles. The van der Waals surface area contributed by atoms with Crippen LogP contribution in [0.2, 0.25) is 0 Å². The van der Waals surface area contributed by atoms with Crippen LogP contribution in [0, 0.1) is 5.41 Å². The van der Waals surface area contributed by atoms with Crippen molar-refractivity contribution >= 4 is 5.91 Å². The lowest BCUT2D eigenvalue weighted by molar-refractivity contribution is -0.124. The fourth-order valence-electron chi connectivity index (χ4n) is 2.77. The molecule has 2 heterocycles. The molecule has 0 spiro atoms. The monoisotopic (exact) mass is 269 g/mol. The van der Waals surface area contributed by atoms with E-state index >= 15 is 0 Å². The van der Waals surface area contributed by atoms with Gasteiger partial charge in [-0.2, -0.15) is 0 Å². The van der Waals surface area contributed by atoms with Crippen molar-refractivity contribution in [2.75, 3.05) is 39.4 Å². The van der Waals surface area contributed by atoms with Crippen molar-refractivity contribution in [1.82, 2.24) is 10.2 Å². The first kappa shape index (κ1) is 14.8. The summed E-state index contributed by atoms with van der Waals surface area (Å²) in [4.78, 5) is 14.2. The minimum atomic E-state index is 0.156. The summed E-state index contributed by atoms with van der Waals surface area (Å²) in [5, 5.41) is 3.12. The SMILES string of the molecule is CC1(CN)CCN(CC(=O)NC2CCOCC2)CC1. The van der Waals surface area contributed by atoms with E-state index in [2.05, 4.69) is 17.1 Å². The molecule has 0 atom stereocenters. The van der Waals surface area contributed by atoms with E-state index in [1.165, 1.54) is 0 Å². The average Bonchev–Trinajstić information content (AvgIpc) is 2.43. The molecule has 5 heteroatoms. The van der Waals surface area contributed by atoms with Crippen LogP contribution in [0.5, 0.6) is 0 Å². The third-order valence-electron chi connectivity index (χ3n) is 4.51. The number of nitrogens with two attached hydrogens (primary N) is 1. The normalized spacial score (nSPS) is 25.2. The molecule has 110 valence electrons. The van der Waals surface area contributed by atoms with Gasteiger partial charge in [0.15, 0.2) is 0 Å². The van der Waals surface area contributed by atoms with Gasteiger partial charge in [0.05, 0.1) is 6.54 Å². The Labute approximate surface area is 115 Å². The number of likely N-dealkylation sites (tertiary alicyclic amines) is 1. The number of nitrogens with one attached hydrogen (secondary N) is 1. The molecule has 19 heavy (non-hydrogen) atoms. The second-order valence-corrected chi connectivity index (χ2v) is 6.25. The molecule has 0 aromatic carbocycles. The van der Waals surface area contributed by atoms with Crippen molar-refractivity contribution in [3.05, 3.63) is 0 Å². The number of carbonyl (C=O) groups excluding carboxylic acids is 1. The number of ether oxygens (including phenoxy) is 1. The van der Waals surface area contributed by atoms with Gasteiger partial charge in [0.1, 0.15) is 0 Å². The van der Waals surface area contributed by atoms with Gasteiger partial charge in [-0.3, -0.25) is 9.69 Å². The molecule has 2 aliphatic rings. The number of rotatable bonds is 4. The van der Waals surface area contributed by atoms with Crippen LogP contribution in [-0.2, 0) is 9.53 Å². The van der Waals surface area contributed by atoms with E-state index in [1.807, 2.05) is 0 Å². The second kappa shape index (κ2) is 6.68. The van der Waals surface area contributed by atoms with Gasteiger partial charge in [-0.1, -0.05) is 6.92 Å². The highest BCUT2D eigenvalue weighted by atomic mass is 16.5. The Hall–Kier alpha value is -0.650. The summed E-state index contributed by atoms with van der Waals surface area (Å²) in [6.07, 6.45) is 4.07. The smallest absolute Gasteiger partial charge is 0.234 e. The topological polar surface area (TPSA) is 67.6 Å². The molecule has 0 aromatic rings. The number of hydrogen-bond acceptors (Lipinski definition) is 4. The lowest BCUT2D eigenvalue weighted by Gasteiger charge is -2.38. The van der Waals surface area contributed by atoms with Gasteiger partial charge in [0.25, 0.3) is 0 Å². The van der Waals surface area contributed by atoms with Crippen molar-refractivity contribution in [2.24, 2.45) is 11.1 Å². The maximum Gasteiger partial charge on any atom is 0.234 e. The van der Waals surface area contributed by atoms with Gasteiger partial charge in [0, 0.05) is 19.3 Å². The molecule has 0 aliphatic carbocycles. The van der Waals surface area contributed by atoms with Crippen LogP contribution in [0.1, 0.15) is 32.6 Å². The van der Waals surface area contributed by atoms with Crippen molar-refractivity contribution < 1.29 is 9.53 Å². The Morgan fingerprint density at radius 3 is 2.58 bits per heavy atom. The number of nitrogens with zero attached hydrogens (tertiary/aromatic N) is 1. The molecule has 2 aliphatic heterocycles. The maximum absolute atomic E-state index is 12.0. The van der Waals surface area contributed by atoms with E-state index in [9.17, 15) is 4.79 Å². The molecule has 2 rings (SSSR count).